The summed E-state index contributed by atoms with van der Waals surface area (Å²) in [4.78, 5) is 4.20. The normalized spacial score (nSPS) is 11.4. The summed E-state index contributed by atoms with van der Waals surface area (Å²) in [7, 11) is 0. The van der Waals surface area contributed by atoms with Gasteiger partial charge in [0.1, 0.15) is 0 Å². The smallest absolute Gasteiger partial charge is 0.264 e. The average Bonchev–Trinajstić information content (AvgIpc) is 2.55. The molecule has 0 N–H and O–H groups in total. The minimum Gasteiger partial charge on any atom is -0.264 e. The standard InChI is InChI=1S/C20H20NO/c1-20(2,3)19-13-17(15-8-5-4-6-9-15)12-18(22-19)16-10-7-11-21-14-16/h4-14H,1-3H3/q+1. The van der Waals surface area contributed by atoms with Gasteiger partial charge in [0.15, 0.2) is 0 Å². The highest BCUT2D eigenvalue weighted by Gasteiger charge is 2.29. The van der Waals surface area contributed by atoms with Gasteiger partial charge in [-0.15, -0.1) is 0 Å². The Kier molecular flexibility index (Phi) is 3.76. The van der Waals surface area contributed by atoms with Crippen molar-refractivity contribution in [2.75, 3.05) is 0 Å². The van der Waals surface area contributed by atoms with Gasteiger partial charge in [0.25, 0.3) is 0 Å². The van der Waals surface area contributed by atoms with E-state index < -0.39 is 0 Å². The molecule has 0 saturated heterocycles. The first kappa shape index (κ1) is 14.5. The monoisotopic (exact) mass is 290 g/mol. The first-order chi connectivity index (χ1) is 10.5. The van der Waals surface area contributed by atoms with Crippen LogP contribution in [-0.4, -0.2) is 4.98 Å². The van der Waals surface area contributed by atoms with E-state index in [1.807, 2.05) is 24.4 Å². The van der Waals surface area contributed by atoms with Crippen LogP contribution in [0.3, 0.4) is 0 Å². The van der Waals surface area contributed by atoms with Crippen LogP contribution < -0.4 is 0 Å². The quantitative estimate of drug-likeness (QED) is 0.575. The predicted molar refractivity (Wildman–Crippen MR) is 90.5 cm³/mol. The second-order valence-electron chi connectivity index (χ2n) is 6.43. The summed E-state index contributed by atoms with van der Waals surface area (Å²) in [6.07, 6.45) is 3.61. The Morgan fingerprint density at radius 3 is 2.18 bits per heavy atom. The van der Waals surface area contributed by atoms with Crippen LogP contribution in [-0.2, 0) is 5.41 Å². The van der Waals surface area contributed by atoms with Gasteiger partial charge in [0.2, 0.25) is 0 Å². The third kappa shape index (κ3) is 3.06. The van der Waals surface area contributed by atoms with E-state index in [-0.39, 0.29) is 5.41 Å². The van der Waals surface area contributed by atoms with Crippen molar-refractivity contribution in [3.63, 3.8) is 0 Å². The van der Waals surface area contributed by atoms with Crippen molar-refractivity contribution in [2.45, 2.75) is 26.2 Å². The lowest BCUT2D eigenvalue weighted by Gasteiger charge is -2.10. The van der Waals surface area contributed by atoms with Gasteiger partial charge in [-0.3, -0.25) is 4.98 Å². The molecule has 3 rings (SSSR count). The molecule has 2 heterocycles. The lowest BCUT2D eigenvalue weighted by molar-refractivity contribution is 0.405. The Labute approximate surface area is 131 Å². The molecule has 0 radical (unpaired) electrons. The lowest BCUT2D eigenvalue weighted by Crippen LogP contribution is -2.11. The number of pyridine rings is 1. The van der Waals surface area contributed by atoms with Crippen LogP contribution in [0.2, 0.25) is 0 Å². The van der Waals surface area contributed by atoms with Crippen molar-refractivity contribution in [1.29, 1.82) is 0 Å². The molecule has 0 fully saturated rings. The molecule has 0 unspecified atom stereocenters. The lowest BCUT2D eigenvalue weighted by atomic mass is 9.91. The molecule has 0 aliphatic carbocycles. The zero-order valence-electron chi connectivity index (χ0n) is 13.2. The van der Waals surface area contributed by atoms with Gasteiger partial charge in [-0.2, -0.15) is 0 Å². The fraction of sp³-hybridized carbons (Fsp3) is 0.200. The van der Waals surface area contributed by atoms with Gasteiger partial charge in [0, 0.05) is 24.0 Å². The van der Waals surface area contributed by atoms with E-state index in [2.05, 4.69) is 62.2 Å². The van der Waals surface area contributed by atoms with Gasteiger partial charge in [-0.25, -0.2) is 4.42 Å². The number of nitrogens with zero attached hydrogens (tertiary/aromatic N) is 1. The first-order valence-corrected chi connectivity index (χ1v) is 7.48. The van der Waals surface area contributed by atoms with Crippen molar-refractivity contribution in [2.24, 2.45) is 0 Å². The zero-order valence-corrected chi connectivity index (χ0v) is 13.2. The fourth-order valence-electron chi connectivity index (χ4n) is 2.32. The highest BCUT2D eigenvalue weighted by atomic mass is 16.3. The molecule has 0 amide bonds. The topological polar surface area (TPSA) is 24.2 Å². The SMILES string of the molecule is CC(C)(C)c1cc(-c2ccccc2)cc(-c2cccnc2)[o+]1. The van der Waals surface area contributed by atoms with Crippen LogP contribution >= 0.6 is 0 Å². The molecule has 0 aliphatic rings. The second-order valence-corrected chi connectivity index (χ2v) is 6.43. The largest absolute Gasteiger partial charge is 0.362 e. The average molecular weight is 290 g/mol. The minimum absolute atomic E-state index is 0.0538. The summed E-state index contributed by atoms with van der Waals surface area (Å²) in [5, 5.41) is 0. The van der Waals surface area contributed by atoms with E-state index in [1.54, 1.807) is 6.20 Å². The number of benzene rings is 1. The third-order valence-electron chi connectivity index (χ3n) is 3.59. The first-order valence-electron chi connectivity index (χ1n) is 7.48. The molecule has 1 aromatic carbocycles. The molecule has 0 atom stereocenters. The van der Waals surface area contributed by atoms with Crippen molar-refractivity contribution in [3.05, 3.63) is 72.8 Å². The van der Waals surface area contributed by atoms with Crippen LogP contribution in [0.4, 0.5) is 0 Å². The minimum atomic E-state index is -0.0538. The molecular weight excluding hydrogens is 270 g/mol. The molecule has 0 saturated carbocycles. The molecule has 2 heteroatoms. The van der Waals surface area contributed by atoms with Crippen LogP contribution in [0.1, 0.15) is 26.5 Å². The molecule has 0 bridgehead atoms. The van der Waals surface area contributed by atoms with Gasteiger partial charge >= 0.3 is 11.5 Å². The summed E-state index contributed by atoms with van der Waals surface area (Å²) < 4.78 is 6.15. The number of aromatic nitrogens is 1. The molecule has 2 nitrogen and oxygen atoms in total. The second kappa shape index (κ2) is 5.72. The van der Waals surface area contributed by atoms with E-state index in [0.29, 0.717) is 0 Å². The highest BCUT2D eigenvalue weighted by Crippen LogP contribution is 2.33. The van der Waals surface area contributed by atoms with Crippen molar-refractivity contribution >= 4 is 0 Å². The maximum atomic E-state index is 6.15. The molecule has 2 aromatic heterocycles. The number of rotatable bonds is 2. The Hall–Kier alpha value is -2.48. The summed E-state index contributed by atoms with van der Waals surface area (Å²) >= 11 is 0. The maximum absolute atomic E-state index is 6.15. The van der Waals surface area contributed by atoms with Crippen LogP contribution in [0.15, 0.2) is 71.4 Å². The van der Waals surface area contributed by atoms with Crippen molar-refractivity contribution in [3.8, 4) is 22.5 Å². The summed E-state index contributed by atoms with van der Waals surface area (Å²) in [6.45, 7) is 6.48. The fourth-order valence-corrected chi connectivity index (χ4v) is 2.32. The third-order valence-corrected chi connectivity index (χ3v) is 3.59. The summed E-state index contributed by atoms with van der Waals surface area (Å²) in [5.74, 6) is 1.81. The summed E-state index contributed by atoms with van der Waals surface area (Å²) in [6, 6.07) is 18.5. The molecule has 0 aliphatic heterocycles. The van der Waals surface area contributed by atoms with E-state index in [1.165, 1.54) is 5.56 Å². The van der Waals surface area contributed by atoms with E-state index in [9.17, 15) is 0 Å². The Morgan fingerprint density at radius 2 is 1.55 bits per heavy atom. The van der Waals surface area contributed by atoms with Crippen LogP contribution in [0.5, 0.6) is 0 Å². The maximum Gasteiger partial charge on any atom is 0.362 e. The number of hydrogen-bond donors (Lipinski definition) is 0. The zero-order chi connectivity index (χ0) is 15.6. The van der Waals surface area contributed by atoms with E-state index in [0.717, 1.165) is 22.6 Å². The van der Waals surface area contributed by atoms with Gasteiger partial charge in [-0.1, -0.05) is 30.3 Å². The van der Waals surface area contributed by atoms with E-state index >= 15 is 0 Å². The predicted octanol–water partition coefficient (Wildman–Crippen LogP) is 5.59. The molecule has 110 valence electrons. The van der Waals surface area contributed by atoms with Gasteiger partial charge in [0.05, 0.1) is 17.0 Å². The number of hydrogen-bond acceptors (Lipinski definition) is 1. The Morgan fingerprint density at radius 1 is 0.818 bits per heavy atom. The van der Waals surface area contributed by atoms with E-state index in [4.69, 9.17) is 4.42 Å². The Bertz CT molecular complexity index is 701. The Balaban J connectivity index is 2.19. The van der Waals surface area contributed by atoms with Crippen molar-refractivity contribution < 1.29 is 4.42 Å². The highest BCUT2D eigenvalue weighted by molar-refractivity contribution is 5.69. The molecule has 3 aromatic rings. The summed E-state index contributed by atoms with van der Waals surface area (Å²) in [5.41, 5.74) is 3.29. The molecule has 0 spiro atoms. The van der Waals surface area contributed by atoms with Crippen molar-refractivity contribution in [1.82, 2.24) is 4.98 Å². The molecule has 22 heavy (non-hydrogen) atoms. The van der Waals surface area contributed by atoms with Gasteiger partial charge in [-0.05, 0) is 38.5 Å². The van der Waals surface area contributed by atoms with Crippen LogP contribution in [0.25, 0.3) is 22.5 Å². The molecular formula is C20H20NO+. The van der Waals surface area contributed by atoms with Gasteiger partial charge < -0.3 is 0 Å². The van der Waals surface area contributed by atoms with Crippen LogP contribution in [0, 0.1) is 0 Å².